The molecule has 0 spiro atoms. The minimum Gasteiger partial charge on any atom is -0.476 e. The van der Waals surface area contributed by atoms with E-state index in [-0.39, 0.29) is 11.4 Å². The molecule has 0 bridgehead atoms. The molecule has 1 aromatic carbocycles. The Morgan fingerprint density at radius 1 is 1.24 bits per heavy atom. The van der Waals surface area contributed by atoms with Crippen molar-refractivity contribution >= 4 is 17.3 Å². The fourth-order valence-corrected chi connectivity index (χ4v) is 2.65. The predicted octanol–water partition coefficient (Wildman–Crippen LogP) is 3.58. The Bertz CT molecular complexity index is 813. The molecular formula is C14H8F2N2O2S. The number of carboxylic acid groups (broad SMARTS) is 1. The van der Waals surface area contributed by atoms with E-state index in [0.29, 0.717) is 5.69 Å². The number of hydrogen-bond donors (Lipinski definition) is 1. The number of hydrogen-bond acceptors (Lipinski definition) is 3. The van der Waals surface area contributed by atoms with Crippen molar-refractivity contribution in [3.05, 3.63) is 59.1 Å². The second-order valence-corrected chi connectivity index (χ2v) is 5.15. The number of nitrogens with zero attached hydrogens (tertiary/aromatic N) is 2. The van der Waals surface area contributed by atoms with Crippen LogP contribution in [0.3, 0.4) is 0 Å². The van der Waals surface area contributed by atoms with Crippen molar-refractivity contribution in [2.45, 2.75) is 0 Å². The van der Waals surface area contributed by atoms with Crippen molar-refractivity contribution < 1.29 is 18.7 Å². The number of benzene rings is 1. The maximum atomic E-state index is 13.9. The van der Waals surface area contributed by atoms with Crippen molar-refractivity contribution in [2.24, 2.45) is 0 Å². The van der Waals surface area contributed by atoms with Crippen LogP contribution in [0.2, 0.25) is 0 Å². The second-order valence-electron chi connectivity index (χ2n) is 4.20. The molecule has 0 aliphatic carbocycles. The van der Waals surface area contributed by atoms with E-state index in [1.54, 1.807) is 12.1 Å². The van der Waals surface area contributed by atoms with E-state index in [4.69, 9.17) is 5.11 Å². The van der Waals surface area contributed by atoms with E-state index in [9.17, 15) is 13.6 Å². The Morgan fingerprint density at radius 3 is 2.67 bits per heavy atom. The van der Waals surface area contributed by atoms with Crippen LogP contribution in [0.5, 0.6) is 0 Å². The topological polar surface area (TPSA) is 55.1 Å². The van der Waals surface area contributed by atoms with Gasteiger partial charge in [-0.3, -0.25) is 0 Å². The highest BCUT2D eigenvalue weighted by molar-refractivity contribution is 7.13. The summed E-state index contributed by atoms with van der Waals surface area (Å²) in [6.07, 6.45) is 0. The van der Waals surface area contributed by atoms with Gasteiger partial charge in [0.15, 0.2) is 11.5 Å². The largest absolute Gasteiger partial charge is 0.476 e. The molecule has 0 aliphatic heterocycles. The fourth-order valence-electron chi connectivity index (χ4n) is 1.92. The van der Waals surface area contributed by atoms with Gasteiger partial charge in [-0.25, -0.2) is 18.3 Å². The smallest absolute Gasteiger partial charge is 0.356 e. The fraction of sp³-hybridized carbons (Fsp3) is 0. The summed E-state index contributed by atoms with van der Waals surface area (Å²) >= 11 is 1.37. The third kappa shape index (κ3) is 2.43. The lowest BCUT2D eigenvalue weighted by atomic mass is 10.2. The van der Waals surface area contributed by atoms with Crippen molar-refractivity contribution in [2.75, 3.05) is 0 Å². The molecule has 0 amide bonds. The first-order valence-electron chi connectivity index (χ1n) is 5.89. The first kappa shape index (κ1) is 13.4. The lowest BCUT2D eigenvalue weighted by molar-refractivity contribution is 0.0690. The standard InChI is InChI=1S/C14H8F2N2O2S/c15-8-3-4-11(9(16)6-8)18-12(13-2-1-5-21-13)7-10(17-18)14(19)20/h1-7H,(H,19,20). The highest BCUT2D eigenvalue weighted by atomic mass is 32.1. The second kappa shape index (κ2) is 5.10. The Hall–Kier alpha value is -2.54. The zero-order chi connectivity index (χ0) is 15.0. The molecule has 0 saturated carbocycles. The van der Waals surface area contributed by atoms with E-state index >= 15 is 0 Å². The van der Waals surface area contributed by atoms with Crippen LogP contribution in [0.4, 0.5) is 8.78 Å². The lowest BCUT2D eigenvalue weighted by Crippen LogP contribution is -2.04. The van der Waals surface area contributed by atoms with Gasteiger partial charge in [-0.1, -0.05) is 6.07 Å². The Balaban J connectivity index is 2.23. The third-order valence-corrected chi connectivity index (χ3v) is 3.73. The summed E-state index contributed by atoms with van der Waals surface area (Å²) in [5.74, 6) is -2.73. The molecule has 2 aromatic heterocycles. The Labute approximate surface area is 121 Å². The summed E-state index contributed by atoms with van der Waals surface area (Å²) in [5, 5.41) is 14.8. The third-order valence-electron chi connectivity index (χ3n) is 2.84. The monoisotopic (exact) mass is 306 g/mol. The number of aromatic carboxylic acids is 1. The van der Waals surface area contributed by atoms with Crippen LogP contribution >= 0.6 is 11.3 Å². The molecule has 0 saturated heterocycles. The van der Waals surface area contributed by atoms with E-state index in [2.05, 4.69) is 5.10 Å². The van der Waals surface area contributed by atoms with Crippen LogP contribution in [-0.4, -0.2) is 20.9 Å². The summed E-state index contributed by atoms with van der Waals surface area (Å²) in [4.78, 5) is 11.8. The lowest BCUT2D eigenvalue weighted by Gasteiger charge is -2.07. The minimum absolute atomic E-state index is 0.00713. The quantitative estimate of drug-likeness (QED) is 0.804. The summed E-state index contributed by atoms with van der Waals surface area (Å²) in [5.41, 5.74) is 0.224. The Kier molecular flexibility index (Phi) is 3.26. The first-order valence-corrected chi connectivity index (χ1v) is 6.77. The number of halogens is 2. The molecule has 0 fully saturated rings. The molecule has 7 heteroatoms. The number of thiophene rings is 1. The van der Waals surface area contributed by atoms with Gasteiger partial charge in [0, 0.05) is 12.1 Å². The van der Waals surface area contributed by atoms with Gasteiger partial charge in [0.1, 0.15) is 11.5 Å². The zero-order valence-electron chi connectivity index (χ0n) is 10.5. The highest BCUT2D eigenvalue weighted by Gasteiger charge is 2.18. The molecule has 1 N–H and O–H groups in total. The highest BCUT2D eigenvalue weighted by Crippen LogP contribution is 2.29. The molecule has 106 valence electrons. The molecule has 3 rings (SSSR count). The number of aromatic nitrogens is 2. The van der Waals surface area contributed by atoms with Crippen molar-refractivity contribution in [3.8, 4) is 16.3 Å². The minimum atomic E-state index is -1.21. The summed E-state index contributed by atoms with van der Waals surface area (Å²) in [6, 6.07) is 7.97. The van der Waals surface area contributed by atoms with Crippen molar-refractivity contribution in [1.29, 1.82) is 0 Å². The summed E-state index contributed by atoms with van der Waals surface area (Å²) in [7, 11) is 0. The maximum absolute atomic E-state index is 13.9. The average Bonchev–Trinajstić information content (AvgIpc) is 3.07. The van der Waals surface area contributed by atoms with Crippen LogP contribution in [0, 0.1) is 11.6 Å². The van der Waals surface area contributed by atoms with Crippen LogP contribution < -0.4 is 0 Å². The molecule has 2 heterocycles. The van der Waals surface area contributed by atoms with Gasteiger partial charge < -0.3 is 5.11 Å². The maximum Gasteiger partial charge on any atom is 0.356 e. The van der Waals surface area contributed by atoms with Gasteiger partial charge in [-0.05, 0) is 23.6 Å². The van der Waals surface area contributed by atoms with Crippen LogP contribution in [0.1, 0.15) is 10.5 Å². The molecule has 0 atom stereocenters. The normalized spacial score (nSPS) is 10.8. The van der Waals surface area contributed by atoms with Gasteiger partial charge in [0.2, 0.25) is 0 Å². The molecule has 0 aliphatic rings. The van der Waals surface area contributed by atoms with Gasteiger partial charge in [-0.2, -0.15) is 5.10 Å². The SMILES string of the molecule is O=C(O)c1cc(-c2cccs2)n(-c2ccc(F)cc2F)n1. The number of carbonyl (C=O) groups is 1. The molecule has 3 aromatic rings. The molecule has 0 unspecified atom stereocenters. The average molecular weight is 306 g/mol. The van der Waals surface area contributed by atoms with Crippen LogP contribution in [-0.2, 0) is 0 Å². The Morgan fingerprint density at radius 2 is 2.05 bits per heavy atom. The molecule has 4 nitrogen and oxygen atoms in total. The number of carboxylic acids is 1. The van der Waals surface area contributed by atoms with Gasteiger partial charge in [-0.15, -0.1) is 11.3 Å². The van der Waals surface area contributed by atoms with Crippen molar-refractivity contribution in [1.82, 2.24) is 9.78 Å². The van der Waals surface area contributed by atoms with Gasteiger partial charge in [0.25, 0.3) is 0 Å². The summed E-state index contributed by atoms with van der Waals surface area (Å²) < 4.78 is 28.1. The van der Waals surface area contributed by atoms with Crippen LogP contribution in [0.25, 0.3) is 16.3 Å². The van der Waals surface area contributed by atoms with Crippen LogP contribution in [0.15, 0.2) is 41.8 Å². The summed E-state index contributed by atoms with van der Waals surface area (Å²) in [6.45, 7) is 0. The molecule has 21 heavy (non-hydrogen) atoms. The van der Waals surface area contributed by atoms with E-state index in [0.717, 1.165) is 17.0 Å². The van der Waals surface area contributed by atoms with E-state index < -0.39 is 17.6 Å². The van der Waals surface area contributed by atoms with E-state index in [1.165, 1.54) is 28.2 Å². The van der Waals surface area contributed by atoms with Crippen molar-refractivity contribution in [3.63, 3.8) is 0 Å². The number of rotatable bonds is 3. The molecule has 0 radical (unpaired) electrons. The zero-order valence-corrected chi connectivity index (χ0v) is 11.3. The molecular weight excluding hydrogens is 298 g/mol. The van der Waals surface area contributed by atoms with E-state index in [1.807, 2.05) is 5.38 Å². The van der Waals surface area contributed by atoms with Gasteiger partial charge in [0.05, 0.1) is 10.6 Å². The first-order chi connectivity index (χ1) is 10.1. The van der Waals surface area contributed by atoms with Gasteiger partial charge >= 0.3 is 5.97 Å². The predicted molar refractivity (Wildman–Crippen MR) is 73.8 cm³/mol.